The molecule has 6 heteroatoms. The number of amides is 1. The van der Waals surface area contributed by atoms with Gasteiger partial charge in [-0.25, -0.2) is 4.98 Å². The van der Waals surface area contributed by atoms with Crippen LogP contribution in [0, 0.1) is 5.92 Å². The Morgan fingerprint density at radius 3 is 2.71 bits per heavy atom. The highest BCUT2D eigenvalue weighted by Crippen LogP contribution is 2.35. The topological polar surface area (TPSA) is 71.1 Å². The van der Waals surface area contributed by atoms with Gasteiger partial charge in [0.1, 0.15) is 5.65 Å². The SMILES string of the molecule is C[C@@H]1CC(CN2C(=O)Cc3ncc(-c4cnc5[nH]ccc5c4)cc32)C[C@H](C)O1. The predicted octanol–water partition coefficient (Wildman–Crippen LogP) is 3.72. The lowest BCUT2D eigenvalue weighted by Gasteiger charge is -2.34. The van der Waals surface area contributed by atoms with Gasteiger partial charge in [0, 0.05) is 41.6 Å². The van der Waals surface area contributed by atoms with E-state index in [1.54, 1.807) is 0 Å². The first kappa shape index (κ1) is 17.4. The van der Waals surface area contributed by atoms with Crippen LogP contribution in [0.4, 0.5) is 5.69 Å². The largest absolute Gasteiger partial charge is 0.376 e. The maximum atomic E-state index is 12.7. The van der Waals surface area contributed by atoms with Crippen molar-refractivity contribution in [2.24, 2.45) is 5.92 Å². The third-order valence-electron chi connectivity index (χ3n) is 5.83. The summed E-state index contributed by atoms with van der Waals surface area (Å²) in [4.78, 5) is 26.8. The molecule has 1 N–H and O–H groups in total. The number of anilines is 1. The van der Waals surface area contributed by atoms with E-state index in [4.69, 9.17) is 4.74 Å². The van der Waals surface area contributed by atoms with Gasteiger partial charge < -0.3 is 14.6 Å². The summed E-state index contributed by atoms with van der Waals surface area (Å²) in [6.07, 6.45) is 8.45. The summed E-state index contributed by atoms with van der Waals surface area (Å²) in [6, 6.07) is 6.20. The fourth-order valence-electron chi connectivity index (χ4n) is 4.63. The first-order valence-corrected chi connectivity index (χ1v) is 9.95. The van der Waals surface area contributed by atoms with Crippen LogP contribution in [-0.2, 0) is 16.0 Å². The monoisotopic (exact) mass is 376 g/mol. The number of pyridine rings is 2. The minimum Gasteiger partial charge on any atom is -0.376 e. The molecular weight excluding hydrogens is 352 g/mol. The summed E-state index contributed by atoms with van der Waals surface area (Å²) in [6.45, 7) is 4.97. The fraction of sp³-hybridized carbons (Fsp3) is 0.409. The number of aromatic amines is 1. The van der Waals surface area contributed by atoms with Crippen LogP contribution in [0.25, 0.3) is 22.2 Å². The molecule has 2 aliphatic heterocycles. The van der Waals surface area contributed by atoms with Crippen LogP contribution < -0.4 is 4.90 Å². The Bertz CT molecular complexity index is 1030. The molecule has 0 radical (unpaired) electrons. The van der Waals surface area contributed by atoms with Crippen LogP contribution in [0.1, 0.15) is 32.4 Å². The van der Waals surface area contributed by atoms with Crippen molar-refractivity contribution < 1.29 is 9.53 Å². The molecule has 5 rings (SSSR count). The van der Waals surface area contributed by atoms with Gasteiger partial charge in [-0.3, -0.25) is 9.78 Å². The Labute approximate surface area is 163 Å². The quantitative estimate of drug-likeness (QED) is 0.756. The zero-order chi connectivity index (χ0) is 19.3. The molecular formula is C22H24N4O2. The molecule has 0 saturated carbocycles. The van der Waals surface area contributed by atoms with Crippen molar-refractivity contribution in [2.75, 3.05) is 11.4 Å². The molecule has 6 nitrogen and oxygen atoms in total. The van der Waals surface area contributed by atoms with E-state index in [9.17, 15) is 4.79 Å². The zero-order valence-electron chi connectivity index (χ0n) is 16.2. The Morgan fingerprint density at radius 2 is 1.89 bits per heavy atom. The van der Waals surface area contributed by atoms with Crippen LogP contribution in [0.15, 0.2) is 36.8 Å². The van der Waals surface area contributed by atoms with Crippen LogP contribution in [0.5, 0.6) is 0 Å². The van der Waals surface area contributed by atoms with Gasteiger partial charge >= 0.3 is 0 Å². The first-order valence-electron chi connectivity index (χ1n) is 9.95. The van der Waals surface area contributed by atoms with Gasteiger partial charge in [0.2, 0.25) is 5.91 Å². The summed E-state index contributed by atoms with van der Waals surface area (Å²) >= 11 is 0. The van der Waals surface area contributed by atoms with Crippen molar-refractivity contribution in [1.82, 2.24) is 15.0 Å². The van der Waals surface area contributed by atoms with Crippen LogP contribution in [0.2, 0.25) is 0 Å². The summed E-state index contributed by atoms with van der Waals surface area (Å²) in [5.74, 6) is 0.598. The standard InChI is InChI=1S/C22H24N4O2/c1-13-5-15(6-14(2)28-13)12-26-20-8-18(10-24-19(20)9-21(26)27)17-7-16-3-4-23-22(16)25-11-17/h3-4,7-8,10-11,13-15H,5-6,9,12H2,1-2H3,(H,23,25)/t13-,14+,15?. The summed E-state index contributed by atoms with van der Waals surface area (Å²) in [5.41, 5.74) is 4.69. The van der Waals surface area contributed by atoms with E-state index in [0.717, 1.165) is 52.9 Å². The average Bonchev–Trinajstić information content (AvgIpc) is 3.24. The predicted molar refractivity (Wildman–Crippen MR) is 108 cm³/mol. The molecule has 1 unspecified atom stereocenters. The van der Waals surface area contributed by atoms with Crippen molar-refractivity contribution in [2.45, 2.75) is 45.3 Å². The van der Waals surface area contributed by atoms with Crippen molar-refractivity contribution >= 4 is 22.6 Å². The minimum atomic E-state index is 0.144. The molecule has 28 heavy (non-hydrogen) atoms. The number of H-pyrrole nitrogens is 1. The highest BCUT2D eigenvalue weighted by atomic mass is 16.5. The number of nitrogens with zero attached hydrogens (tertiary/aromatic N) is 3. The second-order valence-corrected chi connectivity index (χ2v) is 8.11. The molecule has 3 aromatic heterocycles. The van der Waals surface area contributed by atoms with Crippen molar-refractivity contribution in [1.29, 1.82) is 0 Å². The normalized spacial score (nSPS) is 24.7. The highest BCUT2D eigenvalue weighted by molar-refractivity contribution is 6.01. The van der Waals surface area contributed by atoms with E-state index in [-0.39, 0.29) is 18.1 Å². The van der Waals surface area contributed by atoms with E-state index in [1.807, 2.05) is 29.6 Å². The van der Waals surface area contributed by atoms with Gasteiger partial charge in [-0.2, -0.15) is 0 Å². The molecule has 1 saturated heterocycles. The Morgan fingerprint density at radius 1 is 1.14 bits per heavy atom. The number of fused-ring (bicyclic) bond motifs is 2. The van der Waals surface area contributed by atoms with Crippen molar-refractivity contribution in [3.8, 4) is 11.1 Å². The number of nitrogens with one attached hydrogen (secondary N) is 1. The molecule has 0 spiro atoms. The lowest BCUT2D eigenvalue weighted by molar-refractivity contribution is -0.117. The number of rotatable bonds is 3. The summed E-state index contributed by atoms with van der Waals surface area (Å²) in [7, 11) is 0. The molecule has 3 atom stereocenters. The second-order valence-electron chi connectivity index (χ2n) is 8.11. The van der Waals surface area contributed by atoms with Gasteiger partial charge in [0.05, 0.1) is 30.0 Å². The smallest absolute Gasteiger partial charge is 0.233 e. The maximum absolute atomic E-state index is 12.7. The van der Waals surface area contributed by atoms with Crippen molar-refractivity contribution in [3.05, 3.63) is 42.5 Å². The number of aromatic nitrogens is 3. The van der Waals surface area contributed by atoms with E-state index in [0.29, 0.717) is 12.3 Å². The van der Waals surface area contributed by atoms with E-state index in [2.05, 4.69) is 40.9 Å². The third kappa shape index (κ3) is 3.07. The first-order chi connectivity index (χ1) is 13.6. The number of hydrogen-bond donors (Lipinski definition) is 1. The molecule has 2 aliphatic rings. The van der Waals surface area contributed by atoms with Crippen molar-refractivity contribution in [3.63, 3.8) is 0 Å². The zero-order valence-corrected chi connectivity index (χ0v) is 16.2. The van der Waals surface area contributed by atoms with Crippen LogP contribution in [0.3, 0.4) is 0 Å². The molecule has 0 bridgehead atoms. The number of carbonyl (C=O) groups excluding carboxylic acids is 1. The molecule has 5 heterocycles. The van der Waals surface area contributed by atoms with Gasteiger partial charge in [0.25, 0.3) is 0 Å². The molecule has 3 aromatic rings. The molecule has 1 fully saturated rings. The molecule has 1 amide bonds. The second kappa shape index (κ2) is 6.71. The van der Waals surface area contributed by atoms with Crippen LogP contribution >= 0.6 is 0 Å². The van der Waals surface area contributed by atoms with Gasteiger partial charge in [-0.15, -0.1) is 0 Å². The molecule has 144 valence electrons. The number of hydrogen-bond acceptors (Lipinski definition) is 4. The van der Waals surface area contributed by atoms with Gasteiger partial charge in [0.15, 0.2) is 0 Å². The number of ether oxygens (including phenoxy) is 1. The van der Waals surface area contributed by atoms with E-state index < -0.39 is 0 Å². The molecule has 0 aromatic carbocycles. The summed E-state index contributed by atoms with van der Waals surface area (Å²) < 4.78 is 5.86. The van der Waals surface area contributed by atoms with E-state index >= 15 is 0 Å². The van der Waals surface area contributed by atoms with Gasteiger partial charge in [-0.1, -0.05) is 0 Å². The highest BCUT2D eigenvalue weighted by Gasteiger charge is 2.33. The maximum Gasteiger partial charge on any atom is 0.233 e. The van der Waals surface area contributed by atoms with Crippen LogP contribution in [-0.4, -0.2) is 39.6 Å². The fourth-order valence-corrected chi connectivity index (χ4v) is 4.63. The molecule has 0 aliphatic carbocycles. The minimum absolute atomic E-state index is 0.144. The average molecular weight is 376 g/mol. The number of carbonyl (C=O) groups is 1. The lowest BCUT2D eigenvalue weighted by atomic mass is 9.92. The summed E-state index contributed by atoms with van der Waals surface area (Å²) in [5, 5.41) is 1.07. The Hall–Kier alpha value is -2.73. The van der Waals surface area contributed by atoms with E-state index in [1.165, 1.54) is 0 Å². The third-order valence-corrected chi connectivity index (χ3v) is 5.83. The lowest BCUT2D eigenvalue weighted by Crippen LogP contribution is -2.38. The Balaban J connectivity index is 1.45. The Kier molecular flexibility index (Phi) is 4.16. The van der Waals surface area contributed by atoms with Gasteiger partial charge in [-0.05, 0) is 50.8 Å².